The summed E-state index contributed by atoms with van der Waals surface area (Å²) >= 11 is 1.33. The van der Waals surface area contributed by atoms with E-state index in [1.54, 1.807) is 23.0 Å². The SMILES string of the molecule is Cc1c(C(=O)N(C)[C@H](C)c2ccc(-n3cncn3)cc2)sc2nc3n(c(=O)c12)CCCCC3. The number of carbonyl (C=O) groups is 1. The average molecular weight is 463 g/mol. The van der Waals surface area contributed by atoms with Crippen LogP contribution in [0.1, 0.15) is 58.9 Å². The molecule has 0 aliphatic carbocycles. The minimum absolute atomic E-state index is 0.0101. The first-order valence-corrected chi connectivity index (χ1v) is 12.0. The molecule has 0 saturated carbocycles. The van der Waals surface area contributed by atoms with Crippen LogP contribution in [0.2, 0.25) is 0 Å². The zero-order valence-corrected chi connectivity index (χ0v) is 19.8. The van der Waals surface area contributed by atoms with Crippen LogP contribution in [-0.2, 0) is 13.0 Å². The largest absolute Gasteiger partial charge is 0.334 e. The minimum Gasteiger partial charge on any atom is -0.334 e. The van der Waals surface area contributed by atoms with Crippen molar-refractivity contribution in [2.75, 3.05) is 7.05 Å². The monoisotopic (exact) mass is 462 g/mol. The third kappa shape index (κ3) is 3.76. The summed E-state index contributed by atoms with van der Waals surface area (Å²) in [6, 6.07) is 7.77. The number of rotatable bonds is 4. The smallest absolute Gasteiger partial charge is 0.264 e. The standard InChI is InChI=1S/C24H26N6O2S/c1-15-20-22(27-19-7-5-4-6-12-29(19)23(20)31)33-21(15)24(32)28(3)16(2)17-8-10-18(11-9-17)30-14-25-13-26-30/h8-11,13-14,16H,4-7,12H2,1-3H3/t16-/m1/s1. The van der Waals surface area contributed by atoms with E-state index in [1.807, 2.05) is 42.7 Å². The maximum Gasteiger partial charge on any atom is 0.264 e. The molecule has 0 saturated heterocycles. The quantitative estimate of drug-likeness (QED) is 0.459. The number of carbonyl (C=O) groups excluding carboxylic acids is 1. The molecule has 1 atom stereocenters. The van der Waals surface area contributed by atoms with Gasteiger partial charge in [0.1, 0.15) is 23.3 Å². The van der Waals surface area contributed by atoms with Gasteiger partial charge in [0, 0.05) is 20.0 Å². The van der Waals surface area contributed by atoms with Gasteiger partial charge in [-0.2, -0.15) is 5.10 Å². The molecule has 0 spiro atoms. The highest BCUT2D eigenvalue weighted by atomic mass is 32.1. The summed E-state index contributed by atoms with van der Waals surface area (Å²) in [5.41, 5.74) is 2.64. The molecule has 8 nitrogen and oxygen atoms in total. The fourth-order valence-corrected chi connectivity index (χ4v) is 5.59. The number of hydrogen-bond donors (Lipinski definition) is 0. The molecule has 5 rings (SSSR count). The molecule has 9 heteroatoms. The van der Waals surface area contributed by atoms with Crippen molar-refractivity contribution in [1.82, 2.24) is 29.2 Å². The van der Waals surface area contributed by atoms with Gasteiger partial charge in [-0.1, -0.05) is 18.6 Å². The van der Waals surface area contributed by atoms with Gasteiger partial charge in [0.05, 0.1) is 22.0 Å². The Balaban J connectivity index is 1.45. The normalized spacial score (nSPS) is 14.6. The predicted molar refractivity (Wildman–Crippen MR) is 128 cm³/mol. The van der Waals surface area contributed by atoms with Gasteiger partial charge < -0.3 is 4.90 Å². The van der Waals surface area contributed by atoms with E-state index in [-0.39, 0.29) is 17.5 Å². The molecule has 0 radical (unpaired) electrons. The molecule has 4 aromatic rings. The molecule has 0 N–H and O–H groups in total. The molecule has 170 valence electrons. The fraction of sp³-hybridized carbons (Fsp3) is 0.375. The number of fused-ring (bicyclic) bond motifs is 2. The second-order valence-corrected chi connectivity index (χ2v) is 9.55. The Kier molecular flexibility index (Phi) is 5.57. The summed E-state index contributed by atoms with van der Waals surface area (Å²) in [6.07, 6.45) is 7.10. The Bertz CT molecular complexity index is 1370. The molecule has 3 aromatic heterocycles. The lowest BCUT2D eigenvalue weighted by molar-refractivity contribution is 0.0747. The summed E-state index contributed by atoms with van der Waals surface area (Å²) < 4.78 is 3.50. The molecular formula is C24H26N6O2S. The van der Waals surface area contributed by atoms with Gasteiger partial charge >= 0.3 is 0 Å². The fourth-order valence-electron chi connectivity index (χ4n) is 4.42. The zero-order chi connectivity index (χ0) is 23.1. The number of amides is 1. The topological polar surface area (TPSA) is 85.9 Å². The van der Waals surface area contributed by atoms with E-state index < -0.39 is 0 Å². The van der Waals surface area contributed by atoms with Crippen LogP contribution in [0.15, 0.2) is 41.7 Å². The van der Waals surface area contributed by atoms with Crippen LogP contribution in [-0.4, -0.2) is 42.2 Å². The lowest BCUT2D eigenvalue weighted by Crippen LogP contribution is -2.29. The summed E-state index contributed by atoms with van der Waals surface area (Å²) in [6.45, 7) is 4.57. The van der Waals surface area contributed by atoms with Crippen LogP contribution in [0.5, 0.6) is 0 Å². The summed E-state index contributed by atoms with van der Waals surface area (Å²) in [4.78, 5) is 38.5. The minimum atomic E-state index is -0.141. The van der Waals surface area contributed by atoms with Gasteiger partial charge in [0.25, 0.3) is 11.5 Å². The molecule has 33 heavy (non-hydrogen) atoms. The van der Waals surface area contributed by atoms with Gasteiger partial charge in [-0.05, 0) is 49.9 Å². The summed E-state index contributed by atoms with van der Waals surface area (Å²) in [5, 5.41) is 4.73. The van der Waals surface area contributed by atoms with Crippen molar-refractivity contribution in [3.8, 4) is 5.69 Å². The van der Waals surface area contributed by atoms with Crippen molar-refractivity contribution >= 4 is 27.5 Å². The molecule has 0 bridgehead atoms. The number of aromatic nitrogens is 5. The Labute approximate surface area is 195 Å². The number of hydrogen-bond acceptors (Lipinski definition) is 6. The maximum absolute atomic E-state index is 13.5. The second-order valence-electron chi connectivity index (χ2n) is 8.56. The van der Waals surface area contributed by atoms with E-state index in [0.29, 0.717) is 21.6 Å². The van der Waals surface area contributed by atoms with E-state index in [9.17, 15) is 9.59 Å². The van der Waals surface area contributed by atoms with E-state index in [0.717, 1.165) is 48.3 Å². The highest BCUT2D eigenvalue weighted by molar-refractivity contribution is 7.20. The van der Waals surface area contributed by atoms with Crippen LogP contribution in [0, 0.1) is 6.92 Å². The Morgan fingerprint density at radius 3 is 2.70 bits per heavy atom. The lowest BCUT2D eigenvalue weighted by Gasteiger charge is -2.25. The van der Waals surface area contributed by atoms with E-state index in [2.05, 4.69) is 10.1 Å². The third-order valence-electron chi connectivity index (χ3n) is 6.57. The molecule has 1 aliphatic heterocycles. The van der Waals surface area contributed by atoms with Crippen molar-refractivity contribution in [3.05, 3.63) is 69.1 Å². The van der Waals surface area contributed by atoms with Crippen LogP contribution in [0.3, 0.4) is 0 Å². The van der Waals surface area contributed by atoms with Gasteiger partial charge in [-0.25, -0.2) is 14.6 Å². The molecular weight excluding hydrogens is 436 g/mol. The van der Waals surface area contributed by atoms with E-state index in [4.69, 9.17) is 4.98 Å². The van der Waals surface area contributed by atoms with Gasteiger partial charge in [0.2, 0.25) is 0 Å². The molecule has 1 aromatic carbocycles. The highest BCUT2D eigenvalue weighted by Gasteiger charge is 2.26. The van der Waals surface area contributed by atoms with Crippen LogP contribution < -0.4 is 5.56 Å². The predicted octanol–water partition coefficient (Wildman–Crippen LogP) is 3.91. The van der Waals surface area contributed by atoms with E-state index >= 15 is 0 Å². The molecule has 4 heterocycles. The summed E-state index contributed by atoms with van der Waals surface area (Å²) in [5.74, 6) is 0.752. The maximum atomic E-state index is 13.5. The van der Waals surface area contributed by atoms with Crippen molar-refractivity contribution in [2.45, 2.75) is 52.1 Å². The van der Waals surface area contributed by atoms with Crippen molar-refractivity contribution in [1.29, 1.82) is 0 Å². The molecule has 1 amide bonds. The van der Waals surface area contributed by atoms with E-state index in [1.165, 1.54) is 17.7 Å². The van der Waals surface area contributed by atoms with Gasteiger partial charge in [-0.3, -0.25) is 14.2 Å². The van der Waals surface area contributed by atoms with Gasteiger partial charge in [0.15, 0.2) is 0 Å². The van der Waals surface area contributed by atoms with Crippen molar-refractivity contribution in [3.63, 3.8) is 0 Å². The highest BCUT2D eigenvalue weighted by Crippen LogP contribution is 2.31. The van der Waals surface area contributed by atoms with Crippen LogP contribution in [0.25, 0.3) is 15.9 Å². The van der Waals surface area contributed by atoms with Crippen LogP contribution in [0.4, 0.5) is 0 Å². The third-order valence-corrected chi connectivity index (χ3v) is 7.74. The second kappa shape index (κ2) is 8.55. The number of nitrogens with zero attached hydrogens (tertiary/aromatic N) is 6. The Morgan fingerprint density at radius 1 is 1.18 bits per heavy atom. The number of aryl methyl sites for hydroxylation is 2. The van der Waals surface area contributed by atoms with Crippen molar-refractivity contribution in [2.24, 2.45) is 0 Å². The Morgan fingerprint density at radius 2 is 1.97 bits per heavy atom. The van der Waals surface area contributed by atoms with Gasteiger partial charge in [-0.15, -0.1) is 11.3 Å². The van der Waals surface area contributed by atoms with Crippen LogP contribution >= 0.6 is 11.3 Å². The first-order chi connectivity index (χ1) is 16.0. The summed E-state index contributed by atoms with van der Waals surface area (Å²) in [7, 11) is 1.80. The molecule has 0 unspecified atom stereocenters. The average Bonchev–Trinajstić information content (AvgIpc) is 3.40. The lowest BCUT2D eigenvalue weighted by atomic mass is 10.1. The number of thiophene rings is 1. The molecule has 1 aliphatic rings. The zero-order valence-electron chi connectivity index (χ0n) is 19.0. The first kappa shape index (κ1) is 21.5. The Hall–Kier alpha value is -3.33. The van der Waals surface area contributed by atoms with Crippen molar-refractivity contribution < 1.29 is 4.79 Å². The number of benzene rings is 1. The molecule has 0 fully saturated rings. The first-order valence-electron chi connectivity index (χ1n) is 11.2.